The van der Waals surface area contributed by atoms with Gasteiger partial charge in [0.15, 0.2) is 5.44 Å². The summed E-state index contributed by atoms with van der Waals surface area (Å²) in [5, 5.41) is 8.89. The zero-order valence-corrected chi connectivity index (χ0v) is 8.00. The van der Waals surface area contributed by atoms with Crippen LogP contribution in [0.15, 0.2) is 0 Å². The summed E-state index contributed by atoms with van der Waals surface area (Å²) in [5.41, 5.74) is -1.51. The van der Waals surface area contributed by atoms with Crippen LogP contribution >= 0.6 is 0 Å². The highest BCUT2D eigenvalue weighted by Gasteiger charge is 2.22. The van der Waals surface area contributed by atoms with Crippen LogP contribution in [0.4, 0.5) is 0 Å². The third-order valence-electron chi connectivity index (χ3n) is 1.11. The van der Waals surface area contributed by atoms with Gasteiger partial charge in [-0.3, -0.25) is 0 Å². The van der Waals surface area contributed by atoms with E-state index in [9.17, 15) is 8.42 Å². The Morgan fingerprint density at radius 2 is 2.00 bits per heavy atom. The minimum atomic E-state index is -3.95. The topological polar surface area (TPSA) is 72.8 Å². The molecule has 74 valence electrons. The first kappa shape index (κ1) is 11.8. The van der Waals surface area contributed by atoms with E-state index in [1.54, 1.807) is 0 Å². The van der Waals surface area contributed by atoms with E-state index in [1.807, 2.05) is 6.92 Å². The molecule has 0 aliphatic carbocycles. The molecule has 0 aromatic carbocycles. The first-order valence-corrected chi connectivity index (χ1v) is 5.24. The summed E-state index contributed by atoms with van der Waals surface area (Å²) < 4.78 is 25.7. The minimum Gasteiger partial charge on any atom is -0.375 e. The van der Waals surface area contributed by atoms with E-state index in [4.69, 9.17) is 5.11 Å². The Balaban J connectivity index is 3.88. The lowest BCUT2D eigenvalue weighted by atomic mass is 10.5. The van der Waals surface area contributed by atoms with Gasteiger partial charge in [0, 0.05) is 0 Å². The van der Waals surface area contributed by atoms with Crippen molar-refractivity contribution in [2.45, 2.75) is 32.1 Å². The predicted molar refractivity (Wildman–Crippen MR) is 42.5 cm³/mol. The molecule has 0 aromatic rings. The van der Waals surface area contributed by atoms with Crippen molar-refractivity contribution in [1.82, 2.24) is 0 Å². The average molecular weight is 198 g/mol. The normalized spacial score (nSPS) is 14.6. The van der Waals surface area contributed by atoms with E-state index in [0.29, 0.717) is 6.42 Å². The number of aliphatic hydroxyl groups excluding tert-OH is 1. The van der Waals surface area contributed by atoms with Crippen LogP contribution in [-0.4, -0.2) is 25.6 Å². The Morgan fingerprint density at radius 3 is 2.42 bits per heavy atom. The lowest BCUT2D eigenvalue weighted by molar-refractivity contribution is -0.203. The van der Waals surface area contributed by atoms with Crippen molar-refractivity contribution in [2.75, 3.05) is 6.61 Å². The molecule has 0 fully saturated rings. The van der Waals surface area contributed by atoms with Crippen LogP contribution in [0.5, 0.6) is 0 Å². The van der Waals surface area contributed by atoms with Crippen molar-refractivity contribution in [2.24, 2.45) is 0 Å². The SMILES string of the molecule is CCCOOS(=O)(=O)C(O)CC. The van der Waals surface area contributed by atoms with E-state index in [-0.39, 0.29) is 13.0 Å². The van der Waals surface area contributed by atoms with E-state index in [0.717, 1.165) is 0 Å². The van der Waals surface area contributed by atoms with Gasteiger partial charge in [0.2, 0.25) is 0 Å². The largest absolute Gasteiger partial charge is 0.375 e. The summed E-state index contributed by atoms with van der Waals surface area (Å²) in [6.45, 7) is 3.54. The number of rotatable bonds is 6. The molecule has 0 heterocycles. The summed E-state index contributed by atoms with van der Waals surface area (Å²) in [7, 11) is -3.95. The minimum absolute atomic E-state index is 0.0812. The van der Waals surface area contributed by atoms with E-state index >= 15 is 0 Å². The zero-order valence-electron chi connectivity index (χ0n) is 7.19. The molecule has 12 heavy (non-hydrogen) atoms. The van der Waals surface area contributed by atoms with Crippen LogP contribution in [0.3, 0.4) is 0 Å². The van der Waals surface area contributed by atoms with Crippen molar-refractivity contribution in [3.05, 3.63) is 0 Å². The van der Waals surface area contributed by atoms with Crippen molar-refractivity contribution in [3.8, 4) is 0 Å². The standard InChI is InChI=1S/C6H14O5S/c1-3-5-10-11-12(8,9)6(7)4-2/h6-7H,3-5H2,1-2H3. The van der Waals surface area contributed by atoms with Gasteiger partial charge in [-0.2, -0.15) is 8.42 Å². The van der Waals surface area contributed by atoms with Crippen LogP contribution in [0.2, 0.25) is 0 Å². The molecule has 0 amide bonds. The first-order chi connectivity index (χ1) is 5.54. The molecule has 0 saturated carbocycles. The van der Waals surface area contributed by atoms with E-state index < -0.39 is 15.6 Å². The predicted octanol–water partition coefficient (Wildman–Crippen LogP) is 0.403. The molecule has 5 nitrogen and oxygen atoms in total. The molecule has 0 aliphatic heterocycles. The maximum Gasteiger partial charge on any atom is 0.320 e. The van der Waals surface area contributed by atoms with Crippen molar-refractivity contribution < 1.29 is 22.7 Å². The van der Waals surface area contributed by atoms with Crippen LogP contribution < -0.4 is 0 Å². The lowest BCUT2D eigenvalue weighted by Gasteiger charge is -2.07. The molecular weight excluding hydrogens is 184 g/mol. The van der Waals surface area contributed by atoms with Crippen LogP contribution in [0.1, 0.15) is 26.7 Å². The molecule has 0 aliphatic rings. The first-order valence-electron chi connectivity index (χ1n) is 3.77. The van der Waals surface area contributed by atoms with Gasteiger partial charge >= 0.3 is 10.1 Å². The van der Waals surface area contributed by atoms with Gasteiger partial charge in [0.25, 0.3) is 0 Å². The van der Waals surface area contributed by atoms with Gasteiger partial charge in [-0.25, -0.2) is 4.89 Å². The maximum absolute atomic E-state index is 10.8. The smallest absolute Gasteiger partial charge is 0.320 e. The number of hydrogen-bond acceptors (Lipinski definition) is 5. The van der Waals surface area contributed by atoms with Crippen molar-refractivity contribution in [3.63, 3.8) is 0 Å². The second-order valence-electron chi connectivity index (χ2n) is 2.25. The highest BCUT2D eigenvalue weighted by molar-refractivity contribution is 7.87. The fourth-order valence-corrected chi connectivity index (χ4v) is 1.13. The summed E-state index contributed by atoms with van der Waals surface area (Å²) in [6, 6.07) is 0. The molecule has 0 aromatic heterocycles. The van der Waals surface area contributed by atoms with Gasteiger partial charge in [-0.1, -0.05) is 13.8 Å². The van der Waals surface area contributed by atoms with Crippen LogP contribution in [-0.2, 0) is 19.3 Å². The van der Waals surface area contributed by atoms with Crippen LogP contribution in [0, 0.1) is 0 Å². The summed E-state index contributed by atoms with van der Waals surface area (Å²) in [4.78, 5) is 4.32. The third-order valence-corrected chi connectivity index (χ3v) is 2.40. The van der Waals surface area contributed by atoms with Gasteiger partial charge in [-0.05, 0) is 12.8 Å². The molecule has 1 N–H and O–H groups in total. The number of hydrogen-bond donors (Lipinski definition) is 1. The van der Waals surface area contributed by atoms with Crippen molar-refractivity contribution >= 4 is 10.1 Å². The molecular formula is C6H14O5S. The second-order valence-corrected chi connectivity index (χ2v) is 3.91. The Labute approximate surface area is 72.3 Å². The molecule has 1 unspecified atom stereocenters. The summed E-state index contributed by atoms with van der Waals surface area (Å²) >= 11 is 0. The third kappa shape index (κ3) is 4.01. The fraction of sp³-hybridized carbons (Fsp3) is 1.00. The van der Waals surface area contributed by atoms with Gasteiger partial charge in [0.05, 0.1) is 6.61 Å². The summed E-state index contributed by atoms with van der Waals surface area (Å²) in [6.07, 6.45) is 0.732. The molecule has 0 bridgehead atoms. The van der Waals surface area contributed by atoms with E-state index in [2.05, 4.69) is 9.22 Å². The molecule has 0 saturated heterocycles. The Hall–Kier alpha value is -0.170. The zero-order chi connectivity index (χ0) is 9.61. The Morgan fingerprint density at radius 1 is 1.42 bits per heavy atom. The second kappa shape index (κ2) is 5.47. The maximum atomic E-state index is 10.8. The molecule has 0 radical (unpaired) electrons. The van der Waals surface area contributed by atoms with Gasteiger partial charge < -0.3 is 5.11 Å². The lowest BCUT2D eigenvalue weighted by Crippen LogP contribution is -2.22. The van der Waals surface area contributed by atoms with Gasteiger partial charge in [0.1, 0.15) is 0 Å². The summed E-state index contributed by atoms with van der Waals surface area (Å²) in [5.74, 6) is 0. The van der Waals surface area contributed by atoms with Gasteiger partial charge in [-0.15, -0.1) is 4.33 Å². The van der Waals surface area contributed by atoms with E-state index in [1.165, 1.54) is 6.92 Å². The van der Waals surface area contributed by atoms with Crippen LogP contribution in [0.25, 0.3) is 0 Å². The fourth-order valence-electron chi connectivity index (χ4n) is 0.434. The Bertz CT molecular complexity index is 198. The molecule has 0 rings (SSSR count). The average Bonchev–Trinajstić information content (AvgIpc) is 2.03. The molecule has 6 heteroatoms. The quantitative estimate of drug-likeness (QED) is 0.380. The highest BCUT2D eigenvalue weighted by atomic mass is 32.2. The molecule has 0 spiro atoms. The number of aliphatic hydroxyl groups is 1. The van der Waals surface area contributed by atoms with Crippen molar-refractivity contribution in [1.29, 1.82) is 0 Å². The Kier molecular flexibility index (Phi) is 5.39. The molecule has 1 atom stereocenters. The monoisotopic (exact) mass is 198 g/mol. The highest BCUT2D eigenvalue weighted by Crippen LogP contribution is 2.05.